The highest BCUT2D eigenvalue weighted by molar-refractivity contribution is 5.78. The summed E-state index contributed by atoms with van der Waals surface area (Å²) >= 11 is 0. The fourth-order valence-electron chi connectivity index (χ4n) is 4.40. The summed E-state index contributed by atoms with van der Waals surface area (Å²) in [6.45, 7) is 0. The SMILES string of the molecule is O=C(CCc1cnn(-c2ccccc2)c1)N(C1CC1)C1CCc2ccccc21. The number of rotatable bonds is 6. The van der Waals surface area contributed by atoms with Gasteiger partial charge >= 0.3 is 0 Å². The molecule has 2 aliphatic carbocycles. The lowest BCUT2D eigenvalue weighted by molar-refractivity contribution is -0.134. The smallest absolute Gasteiger partial charge is 0.223 e. The van der Waals surface area contributed by atoms with Gasteiger partial charge in [0.1, 0.15) is 0 Å². The number of benzene rings is 2. The summed E-state index contributed by atoms with van der Waals surface area (Å²) in [5, 5.41) is 4.46. The lowest BCUT2D eigenvalue weighted by Gasteiger charge is -2.30. The van der Waals surface area contributed by atoms with Gasteiger partial charge in [0.05, 0.1) is 17.9 Å². The van der Waals surface area contributed by atoms with Crippen molar-refractivity contribution in [1.82, 2.24) is 14.7 Å². The van der Waals surface area contributed by atoms with E-state index in [9.17, 15) is 4.79 Å². The molecule has 2 aliphatic rings. The Balaban J connectivity index is 1.28. The lowest BCUT2D eigenvalue weighted by atomic mass is 10.1. The van der Waals surface area contributed by atoms with Crippen molar-refractivity contribution in [3.63, 3.8) is 0 Å². The van der Waals surface area contributed by atoms with E-state index in [1.807, 2.05) is 47.4 Å². The lowest BCUT2D eigenvalue weighted by Crippen LogP contribution is -2.36. The zero-order valence-electron chi connectivity index (χ0n) is 16.0. The minimum absolute atomic E-state index is 0.267. The molecular weight excluding hydrogens is 346 g/mol. The third kappa shape index (κ3) is 3.35. The fourth-order valence-corrected chi connectivity index (χ4v) is 4.40. The van der Waals surface area contributed by atoms with Gasteiger partial charge in [0.2, 0.25) is 5.91 Å². The summed E-state index contributed by atoms with van der Waals surface area (Å²) in [6, 6.07) is 19.4. The molecule has 142 valence electrons. The largest absolute Gasteiger partial charge is 0.333 e. The van der Waals surface area contributed by atoms with Crippen molar-refractivity contribution in [2.75, 3.05) is 0 Å². The van der Waals surface area contributed by atoms with E-state index in [4.69, 9.17) is 0 Å². The van der Waals surface area contributed by atoms with Crippen LogP contribution in [0.3, 0.4) is 0 Å². The quantitative estimate of drug-likeness (QED) is 0.641. The van der Waals surface area contributed by atoms with Gasteiger partial charge in [-0.2, -0.15) is 5.10 Å². The van der Waals surface area contributed by atoms with Gasteiger partial charge < -0.3 is 4.90 Å². The van der Waals surface area contributed by atoms with Gasteiger partial charge in [0.25, 0.3) is 0 Å². The second-order valence-corrected chi connectivity index (χ2v) is 7.91. The molecule has 1 fully saturated rings. The van der Waals surface area contributed by atoms with Crippen molar-refractivity contribution in [3.8, 4) is 5.69 Å². The highest BCUT2D eigenvalue weighted by atomic mass is 16.2. The number of para-hydroxylation sites is 1. The highest BCUT2D eigenvalue weighted by Crippen LogP contribution is 2.42. The molecule has 4 nitrogen and oxygen atoms in total. The first-order chi connectivity index (χ1) is 13.8. The number of hydrogen-bond acceptors (Lipinski definition) is 2. The molecule has 1 atom stereocenters. The molecular formula is C24H25N3O. The normalized spacial score (nSPS) is 18.1. The molecule has 5 rings (SSSR count). The number of fused-ring (bicyclic) bond motifs is 1. The van der Waals surface area contributed by atoms with Crippen LogP contribution in [0, 0.1) is 0 Å². The van der Waals surface area contributed by atoms with Crippen LogP contribution in [0.25, 0.3) is 5.69 Å². The standard InChI is InChI=1S/C24H25N3O/c28-24(15-10-18-16-25-26(17-18)20-7-2-1-3-8-20)27(21-12-13-21)23-14-11-19-6-4-5-9-22(19)23/h1-9,16-17,21,23H,10-15H2. The third-order valence-corrected chi connectivity index (χ3v) is 5.95. The topological polar surface area (TPSA) is 38.1 Å². The Kier molecular flexibility index (Phi) is 4.47. The van der Waals surface area contributed by atoms with Crippen molar-refractivity contribution in [1.29, 1.82) is 0 Å². The average Bonchev–Trinajstić information content (AvgIpc) is 3.30. The summed E-state index contributed by atoms with van der Waals surface area (Å²) in [5.74, 6) is 0.289. The zero-order valence-corrected chi connectivity index (χ0v) is 16.0. The van der Waals surface area contributed by atoms with Gasteiger partial charge in [-0.1, -0.05) is 42.5 Å². The summed E-state index contributed by atoms with van der Waals surface area (Å²) in [6.07, 6.45) is 9.65. The van der Waals surface area contributed by atoms with Crippen LogP contribution in [-0.2, 0) is 17.6 Å². The van der Waals surface area contributed by atoms with Crippen LogP contribution < -0.4 is 0 Å². The molecule has 0 bridgehead atoms. The summed E-state index contributed by atoms with van der Waals surface area (Å²) in [7, 11) is 0. The monoisotopic (exact) mass is 371 g/mol. The second kappa shape index (κ2) is 7.27. The minimum atomic E-state index is 0.267. The Hall–Kier alpha value is -2.88. The Labute approximate surface area is 165 Å². The molecule has 0 N–H and O–H groups in total. The molecule has 0 saturated heterocycles. The van der Waals surface area contributed by atoms with E-state index in [-0.39, 0.29) is 11.9 Å². The maximum absolute atomic E-state index is 13.2. The number of hydrogen-bond donors (Lipinski definition) is 0. The molecule has 1 unspecified atom stereocenters. The predicted octanol–water partition coefficient (Wildman–Crippen LogP) is 4.48. The number of aromatic nitrogens is 2. The van der Waals surface area contributed by atoms with Crippen LogP contribution in [0.2, 0.25) is 0 Å². The first kappa shape index (κ1) is 17.2. The predicted molar refractivity (Wildman–Crippen MR) is 109 cm³/mol. The molecule has 28 heavy (non-hydrogen) atoms. The van der Waals surface area contributed by atoms with E-state index >= 15 is 0 Å². The van der Waals surface area contributed by atoms with Crippen LogP contribution in [0.1, 0.15) is 48.4 Å². The van der Waals surface area contributed by atoms with E-state index in [0.717, 1.165) is 43.4 Å². The first-order valence-electron chi connectivity index (χ1n) is 10.3. The summed E-state index contributed by atoms with van der Waals surface area (Å²) < 4.78 is 1.88. The Bertz CT molecular complexity index is 974. The van der Waals surface area contributed by atoms with E-state index in [1.54, 1.807) is 0 Å². The molecule has 1 aromatic heterocycles. The second-order valence-electron chi connectivity index (χ2n) is 7.91. The molecule has 0 aliphatic heterocycles. The first-order valence-corrected chi connectivity index (χ1v) is 10.3. The van der Waals surface area contributed by atoms with Crippen LogP contribution in [0.4, 0.5) is 0 Å². The highest BCUT2D eigenvalue weighted by Gasteiger charge is 2.39. The van der Waals surface area contributed by atoms with E-state index in [0.29, 0.717) is 12.5 Å². The Morgan fingerprint density at radius 1 is 1.04 bits per heavy atom. The van der Waals surface area contributed by atoms with E-state index < -0.39 is 0 Å². The number of carbonyl (C=O) groups is 1. The van der Waals surface area contributed by atoms with Crippen molar-refractivity contribution in [3.05, 3.63) is 83.7 Å². The molecule has 0 radical (unpaired) electrons. The van der Waals surface area contributed by atoms with Crippen LogP contribution in [0.15, 0.2) is 67.0 Å². The Morgan fingerprint density at radius 2 is 1.82 bits per heavy atom. The third-order valence-electron chi connectivity index (χ3n) is 5.95. The fraction of sp³-hybridized carbons (Fsp3) is 0.333. The van der Waals surface area contributed by atoms with Gasteiger partial charge in [-0.3, -0.25) is 4.79 Å². The van der Waals surface area contributed by atoms with Crippen molar-refractivity contribution in [2.45, 2.75) is 50.6 Å². The molecule has 1 amide bonds. The number of nitrogens with zero attached hydrogens (tertiary/aromatic N) is 3. The summed E-state index contributed by atoms with van der Waals surface area (Å²) in [4.78, 5) is 15.4. The van der Waals surface area contributed by atoms with Gasteiger partial charge in [-0.25, -0.2) is 4.68 Å². The maximum atomic E-state index is 13.2. The van der Waals surface area contributed by atoms with Crippen molar-refractivity contribution < 1.29 is 4.79 Å². The van der Waals surface area contributed by atoms with Crippen LogP contribution in [-0.4, -0.2) is 26.6 Å². The molecule has 2 aromatic carbocycles. The van der Waals surface area contributed by atoms with Crippen LogP contribution >= 0.6 is 0 Å². The van der Waals surface area contributed by atoms with Crippen molar-refractivity contribution in [2.24, 2.45) is 0 Å². The van der Waals surface area contributed by atoms with Crippen molar-refractivity contribution >= 4 is 5.91 Å². The minimum Gasteiger partial charge on any atom is -0.333 e. The van der Waals surface area contributed by atoms with Gasteiger partial charge in [-0.05, 0) is 60.9 Å². The average molecular weight is 371 g/mol. The zero-order chi connectivity index (χ0) is 18.9. The molecule has 0 spiro atoms. The number of amides is 1. The molecule has 4 heteroatoms. The Morgan fingerprint density at radius 3 is 2.64 bits per heavy atom. The summed E-state index contributed by atoms with van der Waals surface area (Å²) in [5.41, 5.74) is 4.93. The van der Waals surface area contributed by atoms with Gasteiger partial charge in [0.15, 0.2) is 0 Å². The number of carbonyl (C=O) groups excluding carboxylic acids is 1. The van der Waals surface area contributed by atoms with Gasteiger partial charge in [-0.15, -0.1) is 0 Å². The molecule has 3 aromatic rings. The van der Waals surface area contributed by atoms with Crippen LogP contribution in [0.5, 0.6) is 0 Å². The maximum Gasteiger partial charge on any atom is 0.223 e. The van der Waals surface area contributed by atoms with E-state index in [2.05, 4.69) is 34.3 Å². The number of aryl methyl sites for hydroxylation is 2. The van der Waals surface area contributed by atoms with Gasteiger partial charge in [0, 0.05) is 18.7 Å². The molecule has 1 heterocycles. The van der Waals surface area contributed by atoms with E-state index in [1.165, 1.54) is 11.1 Å². The molecule has 1 saturated carbocycles.